The number of H-pyrrole nitrogens is 1. The molecule has 3 aromatic rings. The zero-order valence-corrected chi connectivity index (χ0v) is 16.9. The number of hydrogen-bond acceptors (Lipinski definition) is 2. The zero-order valence-electron chi connectivity index (χ0n) is 15.3. The molecule has 2 aromatic carbocycles. The van der Waals surface area contributed by atoms with Crippen LogP contribution >= 0.6 is 19.7 Å². The van der Waals surface area contributed by atoms with E-state index in [4.69, 9.17) is 20.9 Å². The molecule has 4 nitrogen and oxygen atoms in total. The van der Waals surface area contributed by atoms with E-state index >= 15 is 0 Å². The molecule has 0 saturated carbocycles. The predicted molar refractivity (Wildman–Crippen MR) is 112 cm³/mol. The van der Waals surface area contributed by atoms with Crippen molar-refractivity contribution in [3.63, 3.8) is 0 Å². The van der Waals surface area contributed by atoms with E-state index in [1.165, 1.54) is 21.6 Å². The SMILES string of the molecule is CCOP(c1ccccc1CC)c1c(C)[nH]c2ccc(Cl)cc12.NC=O. The van der Waals surface area contributed by atoms with Crippen molar-refractivity contribution in [3.05, 3.63) is 58.7 Å². The maximum absolute atomic E-state index is 8.58. The van der Waals surface area contributed by atoms with Crippen molar-refractivity contribution in [3.8, 4) is 0 Å². The fourth-order valence-electron chi connectivity index (χ4n) is 2.94. The van der Waals surface area contributed by atoms with Crippen molar-refractivity contribution in [2.24, 2.45) is 5.73 Å². The highest BCUT2D eigenvalue weighted by atomic mass is 35.5. The molecule has 138 valence electrons. The lowest BCUT2D eigenvalue weighted by Crippen LogP contribution is -2.18. The first-order valence-electron chi connectivity index (χ1n) is 8.51. The molecule has 3 rings (SSSR count). The molecule has 0 fully saturated rings. The molecule has 1 heterocycles. The highest BCUT2D eigenvalue weighted by Crippen LogP contribution is 2.40. The first-order chi connectivity index (χ1) is 12.6. The molecule has 0 aliphatic heterocycles. The van der Waals surface area contributed by atoms with E-state index in [1.54, 1.807) is 0 Å². The third kappa shape index (κ3) is 4.45. The van der Waals surface area contributed by atoms with Crippen molar-refractivity contribution in [1.82, 2.24) is 4.98 Å². The first kappa shape index (κ1) is 20.4. The van der Waals surface area contributed by atoms with E-state index in [-0.39, 0.29) is 6.41 Å². The standard InChI is InChI=1S/C19H21ClNOP.CH3NO/c1-4-14-8-6-7-9-18(14)23(22-5-2)19-13(3)21-17-11-10-15(20)12-16(17)19;2-1-3/h6-12,21H,4-5H2,1-3H3;1H,(H2,2,3). The number of amides is 1. The number of aromatic nitrogens is 1. The molecule has 0 aliphatic carbocycles. The van der Waals surface area contributed by atoms with Crippen LogP contribution in [0, 0.1) is 6.92 Å². The molecule has 26 heavy (non-hydrogen) atoms. The minimum Gasteiger partial charge on any atom is -0.372 e. The molecule has 0 aliphatic rings. The third-order valence-electron chi connectivity index (χ3n) is 3.97. The van der Waals surface area contributed by atoms with Gasteiger partial charge in [0, 0.05) is 38.8 Å². The summed E-state index contributed by atoms with van der Waals surface area (Å²) in [6.07, 6.45) is 1.25. The Hall–Kier alpha value is -1.87. The molecule has 6 heteroatoms. The summed E-state index contributed by atoms with van der Waals surface area (Å²) >= 11 is 6.24. The number of halogens is 1. The number of primary amides is 1. The van der Waals surface area contributed by atoms with Crippen molar-refractivity contribution >= 4 is 47.7 Å². The van der Waals surface area contributed by atoms with Gasteiger partial charge in [-0.05, 0) is 44.0 Å². The summed E-state index contributed by atoms with van der Waals surface area (Å²) < 4.78 is 6.25. The summed E-state index contributed by atoms with van der Waals surface area (Å²) in [5.41, 5.74) is 7.79. The number of nitrogens with two attached hydrogens (primary N) is 1. The topological polar surface area (TPSA) is 68.1 Å². The number of carbonyl (C=O) groups is 1. The second-order valence-electron chi connectivity index (χ2n) is 5.62. The van der Waals surface area contributed by atoms with Crippen molar-refractivity contribution in [2.45, 2.75) is 27.2 Å². The normalized spacial score (nSPS) is 11.7. The Morgan fingerprint density at radius 1 is 1.23 bits per heavy atom. The lowest BCUT2D eigenvalue weighted by atomic mass is 10.2. The second kappa shape index (κ2) is 9.72. The Bertz CT molecular complexity index is 879. The summed E-state index contributed by atoms with van der Waals surface area (Å²) in [6.45, 7) is 7.06. The molecule has 1 aromatic heterocycles. The first-order valence-corrected chi connectivity index (χ1v) is 10.1. The summed E-state index contributed by atoms with van der Waals surface area (Å²) in [5, 5.41) is 4.48. The van der Waals surface area contributed by atoms with Crippen molar-refractivity contribution < 1.29 is 9.32 Å². The highest BCUT2D eigenvalue weighted by molar-refractivity contribution is 7.69. The van der Waals surface area contributed by atoms with E-state index in [0.29, 0.717) is 6.61 Å². The summed E-state index contributed by atoms with van der Waals surface area (Å²) in [5.74, 6) is 0. The molecule has 0 bridgehead atoms. The van der Waals surface area contributed by atoms with E-state index in [2.05, 4.69) is 55.8 Å². The zero-order chi connectivity index (χ0) is 19.1. The maximum atomic E-state index is 8.58. The van der Waals surface area contributed by atoms with Crippen LogP contribution in [0.4, 0.5) is 0 Å². The Labute approximate surface area is 160 Å². The molecule has 1 amide bonds. The van der Waals surface area contributed by atoms with Crippen molar-refractivity contribution in [1.29, 1.82) is 0 Å². The minimum atomic E-state index is -0.863. The molecule has 0 saturated heterocycles. The van der Waals surface area contributed by atoms with Crippen LogP contribution in [0.15, 0.2) is 42.5 Å². The van der Waals surface area contributed by atoms with Gasteiger partial charge in [-0.15, -0.1) is 0 Å². The Morgan fingerprint density at radius 2 is 1.92 bits per heavy atom. The molecular weight excluding hydrogens is 367 g/mol. The van der Waals surface area contributed by atoms with Gasteiger partial charge in [-0.3, -0.25) is 4.79 Å². The predicted octanol–water partition coefficient (Wildman–Crippen LogP) is 4.18. The maximum Gasteiger partial charge on any atom is 0.204 e. The average Bonchev–Trinajstić information content (AvgIpc) is 2.95. The second-order valence-corrected chi connectivity index (χ2v) is 7.83. The number of carbonyl (C=O) groups excluding carboxylic acids is 1. The monoisotopic (exact) mass is 390 g/mol. The fourth-order valence-corrected chi connectivity index (χ4v) is 5.36. The quantitative estimate of drug-likeness (QED) is 0.507. The van der Waals surface area contributed by atoms with E-state index in [0.717, 1.165) is 22.7 Å². The van der Waals surface area contributed by atoms with Crippen LogP contribution in [0.25, 0.3) is 10.9 Å². The molecule has 1 atom stereocenters. The van der Waals surface area contributed by atoms with Crippen LogP contribution in [-0.4, -0.2) is 18.0 Å². The number of nitrogens with one attached hydrogen (secondary N) is 1. The summed E-state index contributed by atoms with van der Waals surface area (Å²) in [7, 11) is -0.863. The van der Waals surface area contributed by atoms with Gasteiger partial charge in [0.15, 0.2) is 0 Å². The lowest BCUT2D eigenvalue weighted by molar-refractivity contribution is -0.106. The van der Waals surface area contributed by atoms with E-state index in [1.807, 2.05) is 18.2 Å². The van der Waals surface area contributed by atoms with Gasteiger partial charge >= 0.3 is 0 Å². The number of benzene rings is 2. The number of aromatic amines is 1. The minimum absolute atomic E-state index is 0.250. The van der Waals surface area contributed by atoms with Crippen LogP contribution in [0.3, 0.4) is 0 Å². The molecule has 0 radical (unpaired) electrons. The smallest absolute Gasteiger partial charge is 0.204 e. The van der Waals surface area contributed by atoms with Crippen LogP contribution < -0.4 is 16.3 Å². The Morgan fingerprint density at radius 3 is 2.58 bits per heavy atom. The van der Waals surface area contributed by atoms with Gasteiger partial charge in [-0.1, -0.05) is 42.8 Å². The van der Waals surface area contributed by atoms with Crippen LogP contribution in [-0.2, 0) is 15.7 Å². The molecule has 1 unspecified atom stereocenters. The van der Waals surface area contributed by atoms with Gasteiger partial charge in [-0.2, -0.15) is 0 Å². The number of fused-ring (bicyclic) bond motifs is 1. The van der Waals surface area contributed by atoms with Crippen LogP contribution in [0.2, 0.25) is 5.02 Å². The van der Waals surface area contributed by atoms with E-state index < -0.39 is 8.15 Å². The van der Waals surface area contributed by atoms with Gasteiger partial charge < -0.3 is 15.2 Å². The third-order valence-corrected chi connectivity index (χ3v) is 6.57. The largest absolute Gasteiger partial charge is 0.372 e. The lowest BCUT2D eigenvalue weighted by Gasteiger charge is -2.20. The summed E-state index contributed by atoms with van der Waals surface area (Å²) in [4.78, 5) is 12.1. The van der Waals surface area contributed by atoms with Gasteiger partial charge in [0.2, 0.25) is 6.41 Å². The molecule has 3 N–H and O–H groups in total. The average molecular weight is 391 g/mol. The molecule has 0 spiro atoms. The van der Waals surface area contributed by atoms with Crippen LogP contribution in [0.5, 0.6) is 0 Å². The van der Waals surface area contributed by atoms with Gasteiger partial charge in [0.05, 0.1) is 8.15 Å². The van der Waals surface area contributed by atoms with E-state index in [9.17, 15) is 0 Å². The van der Waals surface area contributed by atoms with Crippen molar-refractivity contribution in [2.75, 3.05) is 6.61 Å². The Balaban J connectivity index is 0.000000758. The summed E-state index contributed by atoms with van der Waals surface area (Å²) in [6, 6.07) is 14.6. The van der Waals surface area contributed by atoms with Gasteiger partial charge in [0.1, 0.15) is 0 Å². The number of hydrogen-bond donors (Lipinski definition) is 2. The number of rotatable bonds is 5. The highest BCUT2D eigenvalue weighted by Gasteiger charge is 2.23. The van der Waals surface area contributed by atoms with Gasteiger partial charge in [0.25, 0.3) is 0 Å². The molecular formula is C20H24ClN2O2P. The fraction of sp³-hybridized carbons (Fsp3) is 0.250. The van der Waals surface area contributed by atoms with Gasteiger partial charge in [-0.25, -0.2) is 0 Å². The Kier molecular flexibility index (Phi) is 7.65. The van der Waals surface area contributed by atoms with Crippen LogP contribution in [0.1, 0.15) is 25.1 Å². The number of aryl methyl sites for hydroxylation is 2.